The lowest BCUT2D eigenvalue weighted by molar-refractivity contribution is 0.0953. The van der Waals surface area contributed by atoms with Crippen molar-refractivity contribution in [2.45, 2.75) is 35.3 Å². The molecule has 0 unspecified atom stereocenters. The van der Waals surface area contributed by atoms with E-state index in [0.29, 0.717) is 0 Å². The molecule has 2 rings (SSSR count). The third kappa shape index (κ3) is 3.20. The number of carbonyl (C=O) groups is 1. The number of hydrogen-bond acceptors (Lipinski definition) is 4. The van der Waals surface area contributed by atoms with Crippen LogP contribution in [0.4, 0.5) is 0 Å². The normalized spacial score (nSPS) is 18.2. The summed E-state index contributed by atoms with van der Waals surface area (Å²) in [6.45, 7) is 0.785. The fourth-order valence-electron chi connectivity index (χ4n) is 2.25. The van der Waals surface area contributed by atoms with Crippen LogP contribution in [0.5, 0.6) is 0 Å². The number of carbonyl (C=O) groups excluding carboxylic acids is 1. The number of thiophene rings is 1. The summed E-state index contributed by atoms with van der Waals surface area (Å²) in [5, 5.41) is 4.95. The van der Waals surface area contributed by atoms with Gasteiger partial charge in [-0.1, -0.05) is 12.8 Å². The maximum Gasteiger partial charge on any atom is 0.261 e. The largest absolute Gasteiger partial charge is 0.350 e. The quantitative estimate of drug-likeness (QED) is 0.831. The summed E-state index contributed by atoms with van der Waals surface area (Å²) in [5.41, 5.74) is 0. The highest BCUT2D eigenvalue weighted by atomic mass is 32.2. The number of hydrogen-bond donors (Lipinski definition) is 2. The number of thioether (sulfide) groups is 1. The molecule has 2 nitrogen and oxygen atoms in total. The van der Waals surface area contributed by atoms with Crippen LogP contribution in [0.25, 0.3) is 0 Å². The van der Waals surface area contributed by atoms with E-state index in [1.165, 1.54) is 37.0 Å². The molecule has 0 atom stereocenters. The van der Waals surface area contributed by atoms with Crippen molar-refractivity contribution in [2.75, 3.05) is 12.8 Å². The molecule has 0 aromatic carbocycles. The Morgan fingerprint density at radius 2 is 2.29 bits per heavy atom. The van der Waals surface area contributed by atoms with Crippen molar-refractivity contribution in [1.82, 2.24) is 5.32 Å². The van der Waals surface area contributed by atoms with Gasteiger partial charge in [0, 0.05) is 21.6 Å². The first-order chi connectivity index (χ1) is 8.15. The van der Waals surface area contributed by atoms with Crippen molar-refractivity contribution < 1.29 is 4.79 Å². The zero-order chi connectivity index (χ0) is 12.3. The summed E-state index contributed by atoms with van der Waals surface area (Å²) in [6, 6.07) is 1.82. The van der Waals surface area contributed by atoms with Crippen LogP contribution in [0, 0.1) is 0 Å². The summed E-state index contributed by atoms with van der Waals surface area (Å²) < 4.78 is 0.275. The molecule has 0 radical (unpaired) electrons. The van der Waals surface area contributed by atoms with Crippen LogP contribution in [0.2, 0.25) is 0 Å². The molecule has 1 saturated carbocycles. The fraction of sp³-hybridized carbons (Fsp3) is 0.583. The summed E-state index contributed by atoms with van der Waals surface area (Å²) in [6.07, 6.45) is 7.16. The minimum Gasteiger partial charge on any atom is -0.350 e. The Morgan fingerprint density at radius 1 is 1.59 bits per heavy atom. The molecule has 0 spiro atoms. The third-order valence-electron chi connectivity index (χ3n) is 3.33. The van der Waals surface area contributed by atoms with Crippen LogP contribution >= 0.6 is 35.7 Å². The summed E-state index contributed by atoms with van der Waals surface area (Å²) >= 11 is 7.56. The van der Waals surface area contributed by atoms with Crippen molar-refractivity contribution in [1.29, 1.82) is 0 Å². The second kappa shape index (κ2) is 5.67. The molecule has 1 amide bonds. The molecule has 1 aliphatic rings. The van der Waals surface area contributed by atoms with Crippen LogP contribution < -0.4 is 5.32 Å². The molecule has 1 aliphatic carbocycles. The van der Waals surface area contributed by atoms with Crippen molar-refractivity contribution in [2.24, 2.45) is 0 Å². The number of amides is 1. The Kier molecular flexibility index (Phi) is 4.44. The zero-order valence-corrected chi connectivity index (χ0v) is 12.4. The van der Waals surface area contributed by atoms with E-state index < -0.39 is 0 Å². The Hall–Kier alpha value is -0.130. The maximum atomic E-state index is 11.9. The van der Waals surface area contributed by atoms with Gasteiger partial charge in [0.2, 0.25) is 0 Å². The van der Waals surface area contributed by atoms with Crippen molar-refractivity contribution >= 4 is 41.6 Å². The van der Waals surface area contributed by atoms with Gasteiger partial charge in [-0.15, -0.1) is 24.0 Å². The number of thiol groups is 1. The lowest BCUT2D eigenvalue weighted by Gasteiger charge is -2.26. The second-order valence-electron chi connectivity index (χ2n) is 4.45. The number of nitrogens with one attached hydrogen (secondary N) is 1. The molecular weight excluding hydrogens is 270 g/mol. The molecule has 1 heterocycles. The Morgan fingerprint density at radius 3 is 2.82 bits per heavy atom. The topological polar surface area (TPSA) is 29.1 Å². The van der Waals surface area contributed by atoms with Crippen LogP contribution in [0.15, 0.2) is 16.3 Å². The van der Waals surface area contributed by atoms with Gasteiger partial charge in [0.1, 0.15) is 0 Å². The van der Waals surface area contributed by atoms with E-state index in [9.17, 15) is 4.79 Å². The average molecular weight is 287 g/mol. The van der Waals surface area contributed by atoms with E-state index in [1.807, 2.05) is 23.2 Å². The van der Waals surface area contributed by atoms with Gasteiger partial charge in [0.15, 0.2) is 0 Å². The first-order valence-corrected chi connectivity index (χ1v) is 8.31. The maximum absolute atomic E-state index is 11.9. The molecule has 1 fully saturated rings. The molecular formula is C12H17NOS3. The van der Waals surface area contributed by atoms with Gasteiger partial charge < -0.3 is 5.32 Å². The molecule has 0 saturated heterocycles. The lowest BCUT2D eigenvalue weighted by atomic mass is 10.1. The number of rotatable bonds is 4. The van der Waals surface area contributed by atoms with E-state index in [1.54, 1.807) is 0 Å². The predicted molar refractivity (Wildman–Crippen MR) is 78.6 cm³/mol. The molecule has 94 valence electrons. The van der Waals surface area contributed by atoms with Gasteiger partial charge in [-0.05, 0) is 25.2 Å². The van der Waals surface area contributed by atoms with Crippen molar-refractivity contribution in [3.8, 4) is 0 Å². The SMILES string of the molecule is CSC1(CNC(=O)c2cc(S)cs2)CCCC1. The summed E-state index contributed by atoms with van der Waals surface area (Å²) in [5.74, 6) is 0.0376. The summed E-state index contributed by atoms with van der Waals surface area (Å²) in [7, 11) is 0. The van der Waals surface area contributed by atoms with Gasteiger partial charge in [-0.3, -0.25) is 4.79 Å². The minimum absolute atomic E-state index is 0.0376. The molecule has 0 aliphatic heterocycles. The van der Waals surface area contributed by atoms with Gasteiger partial charge in [0.05, 0.1) is 4.88 Å². The van der Waals surface area contributed by atoms with Gasteiger partial charge in [0.25, 0.3) is 5.91 Å². The molecule has 1 aromatic heterocycles. The highest BCUT2D eigenvalue weighted by Gasteiger charge is 2.33. The van der Waals surface area contributed by atoms with E-state index in [0.717, 1.165) is 16.3 Å². The monoisotopic (exact) mass is 287 g/mol. The van der Waals surface area contributed by atoms with Gasteiger partial charge in [-0.25, -0.2) is 0 Å². The first kappa shape index (κ1) is 13.3. The first-order valence-electron chi connectivity index (χ1n) is 5.76. The van der Waals surface area contributed by atoms with Gasteiger partial charge in [-0.2, -0.15) is 11.8 Å². The van der Waals surface area contributed by atoms with Crippen LogP contribution in [0.3, 0.4) is 0 Å². The zero-order valence-electron chi connectivity index (χ0n) is 9.86. The highest BCUT2D eigenvalue weighted by Crippen LogP contribution is 2.39. The van der Waals surface area contributed by atoms with Crippen LogP contribution in [-0.2, 0) is 0 Å². The van der Waals surface area contributed by atoms with E-state index in [4.69, 9.17) is 0 Å². The Labute approximate surface area is 116 Å². The molecule has 5 heteroatoms. The van der Waals surface area contributed by atoms with E-state index in [2.05, 4.69) is 24.2 Å². The smallest absolute Gasteiger partial charge is 0.261 e. The van der Waals surface area contributed by atoms with Gasteiger partial charge >= 0.3 is 0 Å². The molecule has 0 bridgehead atoms. The average Bonchev–Trinajstić information content (AvgIpc) is 2.95. The standard InChI is InChI=1S/C12H17NOS3/c1-16-12(4-2-3-5-12)8-13-11(14)10-6-9(15)7-17-10/h6-7,15H,2-5,8H2,1H3,(H,13,14). The summed E-state index contributed by atoms with van der Waals surface area (Å²) in [4.78, 5) is 13.5. The molecule has 17 heavy (non-hydrogen) atoms. The van der Waals surface area contributed by atoms with E-state index in [-0.39, 0.29) is 10.7 Å². The highest BCUT2D eigenvalue weighted by molar-refractivity contribution is 8.00. The molecule has 1 N–H and O–H groups in total. The van der Waals surface area contributed by atoms with Crippen LogP contribution in [-0.4, -0.2) is 23.5 Å². The Balaban J connectivity index is 1.91. The lowest BCUT2D eigenvalue weighted by Crippen LogP contribution is -2.38. The second-order valence-corrected chi connectivity index (χ2v) is 7.15. The molecule has 1 aromatic rings. The van der Waals surface area contributed by atoms with E-state index >= 15 is 0 Å². The van der Waals surface area contributed by atoms with Crippen LogP contribution in [0.1, 0.15) is 35.4 Å². The minimum atomic E-state index is 0.0376. The van der Waals surface area contributed by atoms with Crippen molar-refractivity contribution in [3.05, 3.63) is 16.3 Å². The predicted octanol–water partition coefficient (Wildman–Crippen LogP) is 3.44. The fourth-order valence-corrected chi connectivity index (χ4v) is 4.22. The Bertz CT molecular complexity index is 396. The third-order valence-corrected chi connectivity index (χ3v) is 6.11. The van der Waals surface area contributed by atoms with Crippen molar-refractivity contribution in [3.63, 3.8) is 0 Å².